The predicted octanol–water partition coefficient (Wildman–Crippen LogP) is 6.19. The van der Waals surface area contributed by atoms with E-state index in [0.717, 1.165) is 11.1 Å². The summed E-state index contributed by atoms with van der Waals surface area (Å²) in [7, 11) is 2.32. The van der Waals surface area contributed by atoms with Crippen LogP contribution in [0.4, 0.5) is 22.9 Å². The summed E-state index contributed by atoms with van der Waals surface area (Å²) in [6.07, 6.45) is 9.36. The van der Waals surface area contributed by atoms with Crippen molar-refractivity contribution in [3.8, 4) is 5.75 Å². The highest BCUT2D eigenvalue weighted by atomic mass is 31.2. The Bertz CT molecular complexity index is 3090. The first-order valence-electron chi connectivity index (χ1n) is 21.7. The van der Waals surface area contributed by atoms with Crippen LogP contribution in [0.25, 0.3) is 10.9 Å². The van der Waals surface area contributed by atoms with Crippen molar-refractivity contribution in [3.63, 3.8) is 0 Å². The Morgan fingerprint density at radius 3 is 2.51 bits per heavy atom. The lowest BCUT2D eigenvalue weighted by atomic mass is 10.1. The number of amides is 3. The van der Waals surface area contributed by atoms with Gasteiger partial charge in [-0.2, -0.15) is 0 Å². The highest BCUT2D eigenvalue weighted by Gasteiger charge is 2.34. The number of fused-ring (bicyclic) bond motifs is 3. The molecule has 1 fully saturated rings. The normalized spacial score (nSPS) is 15.2. The van der Waals surface area contributed by atoms with Crippen molar-refractivity contribution in [1.29, 1.82) is 0 Å². The number of ether oxygens (including phenoxy) is 2. The number of benzene rings is 2. The fourth-order valence-electron chi connectivity index (χ4n) is 8.23. The van der Waals surface area contributed by atoms with E-state index in [1.165, 1.54) is 16.2 Å². The maximum Gasteiger partial charge on any atom is 0.430 e. The molecule has 4 N–H and O–H groups in total. The molecule has 8 rings (SSSR count). The predicted molar refractivity (Wildman–Crippen MR) is 254 cm³/mol. The van der Waals surface area contributed by atoms with E-state index in [-0.39, 0.29) is 85.2 Å². The molecule has 6 heterocycles. The number of Topliss-reactive ketones (excluding diaryl/α,β-unsaturated/α-hetero) is 1. The second-order valence-corrected chi connectivity index (χ2v) is 18.3. The van der Waals surface area contributed by atoms with Gasteiger partial charge in [0.2, 0.25) is 11.7 Å². The maximum absolute atomic E-state index is 13.7. The number of hydrogen-bond donors (Lipinski definition) is 4. The lowest BCUT2D eigenvalue weighted by Crippen LogP contribution is -2.35. The zero-order chi connectivity index (χ0) is 48.4. The van der Waals surface area contributed by atoms with E-state index in [4.69, 9.17) is 14.0 Å². The van der Waals surface area contributed by atoms with Crippen LogP contribution in [-0.4, -0.2) is 108 Å². The fraction of sp³-hybridized carbons (Fsp3) is 0.298. The van der Waals surface area contributed by atoms with Crippen molar-refractivity contribution < 1.29 is 47.4 Å². The van der Waals surface area contributed by atoms with Gasteiger partial charge < -0.3 is 43.6 Å². The third kappa shape index (κ3) is 10.3. The van der Waals surface area contributed by atoms with E-state index in [1.54, 1.807) is 115 Å². The van der Waals surface area contributed by atoms with E-state index >= 15 is 0 Å². The fourth-order valence-corrected chi connectivity index (χ4v) is 9.09. The number of rotatable bonds is 18. The first kappa shape index (κ1) is 47.1. The number of carbonyl (C=O) groups excluding carboxylic acids is 5. The number of aromatic nitrogens is 5. The zero-order valence-electron chi connectivity index (χ0n) is 38.1. The molecule has 0 radical (unpaired) electrons. The van der Waals surface area contributed by atoms with E-state index in [1.807, 2.05) is 6.92 Å². The molecule has 68 heavy (non-hydrogen) atoms. The summed E-state index contributed by atoms with van der Waals surface area (Å²) in [6, 6.07) is 13.1. The summed E-state index contributed by atoms with van der Waals surface area (Å²) in [5.74, 6) is -0.636. The summed E-state index contributed by atoms with van der Waals surface area (Å²) in [5.41, 5.74) is 5.20. The Kier molecular flexibility index (Phi) is 13.5. The van der Waals surface area contributed by atoms with Crippen LogP contribution in [0.3, 0.4) is 0 Å². The molecule has 3 amide bonds. The number of anilines is 3. The van der Waals surface area contributed by atoms with Gasteiger partial charge in [-0.15, -0.1) is 0 Å². The van der Waals surface area contributed by atoms with Gasteiger partial charge in [0.25, 0.3) is 17.7 Å². The summed E-state index contributed by atoms with van der Waals surface area (Å²) in [5, 5.41) is 8.70. The van der Waals surface area contributed by atoms with E-state index in [0.29, 0.717) is 64.2 Å². The Morgan fingerprint density at radius 2 is 1.72 bits per heavy atom. The summed E-state index contributed by atoms with van der Waals surface area (Å²) in [6.45, 7) is 6.72. The van der Waals surface area contributed by atoms with Gasteiger partial charge in [-0.25, -0.2) is 9.55 Å². The maximum atomic E-state index is 13.7. The summed E-state index contributed by atoms with van der Waals surface area (Å²) in [4.78, 5) is 87.6. The van der Waals surface area contributed by atoms with Crippen LogP contribution in [0.1, 0.15) is 72.3 Å². The second kappa shape index (κ2) is 19.5. The van der Waals surface area contributed by atoms with E-state index < -0.39 is 13.7 Å². The van der Waals surface area contributed by atoms with Crippen LogP contribution in [0.2, 0.25) is 0 Å². The molecule has 0 saturated carbocycles. The topological polar surface area (TPSA) is 235 Å². The summed E-state index contributed by atoms with van der Waals surface area (Å²) < 4.78 is 34.4. The van der Waals surface area contributed by atoms with Gasteiger partial charge in [0.15, 0.2) is 11.6 Å². The molecule has 2 atom stereocenters. The molecule has 0 aliphatic carbocycles. The minimum Gasteiger partial charge on any atom is -0.493 e. The van der Waals surface area contributed by atoms with Crippen LogP contribution >= 0.6 is 7.75 Å². The van der Waals surface area contributed by atoms with Gasteiger partial charge in [0.1, 0.15) is 17.1 Å². The van der Waals surface area contributed by atoms with E-state index in [9.17, 15) is 33.4 Å². The molecule has 21 heteroatoms. The number of methoxy groups -OCH3 is 1. The lowest BCUT2D eigenvalue weighted by molar-refractivity contribution is -0.116. The van der Waals surface area contributed by atoms with E-state index in [2.05, 4.69) is 32.3 Å². The molecular weight excluding hydrogens is 896 g/mol. The Morgan fingerprint density at radius 1 is 0.926 bits per heavy atom. The Labute approximate surface area is 390 Å². The molecule has 6 aromatic rings. The average Bonchev–Trinajstić information content (AvgIpc) is 4.11. The molecular formula is C47H51N10O10P. The van der Waals surface area contributed by atoms with Crippen molar-refractivity contribution >= 4 is 77.2 Å². The van der Waals surface area contributed by atoms with Gasteiger partial charge in [-0.1, -0.05) is 12.2 Å². The zero-order valence-corrected chi connectivity index (χ0v) is 39.0. The largest absolute Gasteiger partial charge is 0.493 e. The Hall–Kier alpha value is -7.38. The van der Waals surface area contributed by atoms with Crippen LogP contribution in [0.5, 0.6) is 5.75 Å². The first-order valence-corrected chi connectivity index (χ1v) is 23.2. The molecule has 20 nitrogen and oxygen atoms in total. The second-order valence-electron chi connectivity index (χ2n) is 16.8. The molecule has 2 aliphatic heterocycles. The molecule has 1 unspecified atom stereocenters. The molecule has 0 spiro atoms. The lowest BCUT2D eigenvalue weighted by Gasteiger charge is -2.20. The van der Waals surface area contributed by atoms with Crippen molar-refractivity contribution in [2.45, 2.75) is 38.6 Å². The van der Waals surface area contributed by atoms with Gasteiger partial charge in [0.05, 0.1) is 48.3 Å². The van der Waals surface area contributed by atoms with Gasteiger partial charge in [-0.05, 0) is 73.4 Å². The number of imidazole rings is 1. The number of aryl methyl sites for hydroxylation is 4. The summed E-state index contributed by atoms with van der Waals surface area (Å²) >= 11 is 0. The van der Waals surface area contributed by atoms with Crippen LogP contribution in [-0.2, 0) is 46.2 Å². The number of nitrogens with one attached hydrogen (secondary N) is 3. The highest BCUT2D eigenvalue weighted by molar-refractivity contribution is 7.54. The standard InChI is InChI=1S/C47H51N10O10P/c1-28-16-34-23-48-36-22-41(29(2)17-35(36)46(61)57(34)24-28)66-13-7-8-43(59)50-42-27-55(5)44(51-42)40(58)19-30-18-38(53(3)25-30)45(60)49-33-21-39(54(4)26-33)47(62)56-12-11-31-20-32(9-10-37(31)56)52-68(63,64)67-15-14-65-6/h9-12,17-18,20-23,25-27,34H,1,7-8,13-16,19,24H2,2-6H3,(H,49,60)(H,50,59)(H2,52,63,64)/t34-/m0/s1. The van der Waals surface area contributed by atoms with Gasteiger partial charge in [-0.3, -0.25) is 43.1 Å². The minimum atomic E-state index is -4.15. The quantitative estimate of drug-likeness (QED) is 0.0327. The van der Waals surface area contributed by atoms with Crippen molar-refractivity contribution in [2.24, 2.45) is 26.1 Å². The molecule has 1 saturated heterocycles. The van der Waals surface area contributed by atoms with Crippen molar-refractivity contribution in [2.75, 3.05) is 49.2 Å². The van der Waals surface area contributed by atoms with Gasteiger partial charge in [0, 0.05) is 95.8 Å². The van der Waals surface area contributed by atoms with Crippen LogP contribution < -0.4 is 20.5 Å². The third-order valence-corrected chi connectivity index (χ3v) is 12.6. The number of hydrogen-bond acceptors (Lipinski definition) is 11. The molecule has 354 valence electrons. The van der Waals surface area contributed by atoms with Crippen LogP contribution in [0.15, 0.2) is 90.5 Å². The number of carbonyl (C=O) groups is 5. The van der Waals surface area contributed by atoms with Crippen LogP contribution in [0, 0.1) is 6.92 Å². The number of ketones is 1. The Balaban J connectivity index is 0.824. The molecule has 2 aromatic carbocycles. The molecule has 4 aromatic heterocycles. The van der Waals surface area contributed by atoms with Crippen molar-refractivity contribution in [1.82, 2.24) is 28.2 Å². The third-order valence-electron chi connectivity index (χ3n) is 11.5. The smallest absolute Gasteiger partial charge is 0.430 e. The minimum absolute atomic E-state index is 0.0687. The van der Waals surface area contributed by atoms with Gasteiger partial charge >= 0.3 is 7.75 Å². The number of aliphatic imine (C=N–C) groups is 1. The highest BCUT2D eigenvalue weighted by Crippen LogP contribution is 2.42. The SMILES string of the molecule is C=C1C[C@H]2C=Nc3cc(OCCCC(=O)Nc4cn(C)c(C(=O)Cc5cc(C(=O)Nc6cc(C(=O)n7ccc8cc(NP(=O)(O)OCCOC)ccc87)n(C)c6)n(C)c5)n4)c(C)cc3C(=O)N2C1. The monoisotopic (exact) mass is 946 g/mol. The molecule has 0 bridgehead atoms. The first-order chi connectivity index (χ1) is 32.5. The molecule has 2 aliphatic rings. The number of nitrogens with zero attached hydrogens (tertiary/aromatic N) is 7. The average molecular weight is 947 g/mol. The van der Waals surface area contributed by atoms with Crippen molar-refractivity contribution in [3.05, 3.63) is 119 Å².